The van der Waals surface area contributed by atoms with Crippen LogP contribution in [0.5, 0.6) is 0 Å². The van der Waals surface area contributed by atoms with Gasteiger partial charge in [-0.3, -0.25) is 14.0 Å². The van der Waals surface area contributed by atoms with E-state index in [4.69, 9.17) is 4.74 Å². The van der Waals surface area contributed by atoms with Gasteiger partial charge in [0.1, 0.15) is 6.61 Å². The van der Waals surface area contributed by atoms with Crippen LogP contribution in [-0.4, -0.2) is 26.1 Å². The number of nitrogens with zero attached hydrogens (tertiary/aromatic N) is 2. The van der Waals surface area contributed by atoms with Crippen LogP contribution in [-0.2, 0) is 11.3 Å². The first-order chi connectivity index (χ1) is 13.1. The van der Waals surface area contributed by atoms with Crippen molar-refractivity contribution < 1.29 is 14.3 Å². The van der Waals surface area contributed by atoms with Crippen molar-refractivity contribution in [2.45, 2.75) is 6.61 Å². The van der Waals surface area contributed by atoms with Gasteiger partial charge >= 0.3 is 5.97 Å². The number of hydrogen-bond acceptors (Lipinski definition) is 6. The Morgan fingerprint density at radius 3 is 2.63 bits per heavy atom. The van der Waals surface area contributed by atoms with Crippen LogP contribution < -0.4 is 5.56 Å². The lowest BCUT2D eigenvalue weighted by molar-refractivity contribution is 0.0467. The highest BCUT2D eigenvalue weighted by Crippen LogP contribution is 2.12. The van der Waals surface area contributed by atoms with Gasteiger partial charge in [-0.25, -0.2) is 9.78 Å². The molecule has 0 atom stereocenters. The molecule has 1 aromatic carbocycles. The minimum absolute atomic E-state index is 0.105. The van der Waals surface area contributed by atoms with Crippen molar-refractivity contribution in [2.75, 3.05) is 0 Å². The van der Waals surface area contributed by atoms with E-state index in [2.05, 4.69) is 9.97 Å². The number of carbonyl (C=O) groups excluding carboxylic acids is 2. The zero-order valence-corrected chi connectivity index (χ0v) is 14.7. The number of carbonyl (C=O) groups is 2. The third-order valence-corrected chi connectivity index (χ3v) is 4.71. The molecule has 134 valence electrons. The highest BCUT2D eigenvalue weighted by Gasteiger charge is 2.13. The van der Waals surface area contributed by atoms with Gasteiger partial charge in [-0.1, -0.05) is 12.1 Å². The summed E-state index contributed by atoms with van der Waals surface area (Å²) in [5.41, 5.74) is 1.50. The van der Waals surface area contributed by atoms with Crippen LogP contribution in [0.15, 0.2) is 65.2 Å². The molecule has 0 fully saturated rings. The fraction of sp³-hybridized carbons (Fsp3) is 0.0526. The number of esters is 1. The zero-order valence-electron chi connectivity index (χ0n) is 13.9. The van der Waals surface area contributed by atoms with E-state index in [0.717, 1.165) is 0 Å². The Balaban J connectivity index is 1.45. The second-order valence-electron chi connectivity index (χ2n) is 5.72. The lowest BCUT2D eigenvalue weighted by Crippen LogP contribution is -2.14. The van der Waals surface area contributed by atoms with Gasteiger partial charge in [0.25, 0.3) is 5.56 Å². The van der Waals surface area contributed by atoms with Crippen molar-refractivity contribution in [3.8, 4) is 0 Å². The quantitative estimate of drug-likeness (QED) is 0.425. The van der Waals surface area contributed by atoms with Gasteiger partial charge in [0.2, 0.25) is 0 Å². The number of nitrogens with one attached hydrogen (secondary N) is 1. The van der Waals surface area contributed by atoms with Crippen molar-refractivity contribution in [1.82, 2.24) is 14.4 Å². The van der Waals surface area contributed by atoms with Crippen molar-refractivity contribution in [1.29, 1.82) is 0 Å². The van der Waals surface area contributed by atoms with E-state index in [1.165, 1.54) is 33.9 Å². The molecule has 0 saturated carbocycles. The summed E-state index contributed by atoms with van der Waals surface area (Å²) in [4.78, 5) is 44.0. The van der Waals surface area contributed by atoms with Gasteiger partial charge < -0.3 is 9.72 Å². The average Bonchev–Trinajstić information content (AvgIpc) is 3.37. The molecule has 3 aromatic heterocycles. The smallest absolute Gasteiger partial charge is 0.338 e. The molecule has 8 heteroatoms. The summed E-state index contributed by atoms with van der Waals surface area (Å²) in [6.07, 6.45) is 4.93. The lowest BCUT2D eigenvalue weighted by Gasteiger charge is -2.05. The molecular formula is C19H13N3O4S. The standard InChI is InChI=1S/C19H13N3O4S/c23-16-9-15(21-19-22(16)7-8-27-19)11-26-18(25)13-3-1-12(2-4-13)17(24)14-5-6-20-10-14/h1-10,20H,11H2. The molecule has 0 radical (unpaired) electrons. The molecule has 27 heavy (non-hydrogen) atoms. The van der Waals surface area contributed by atoms with E-state index >= 15 is 0 Å². The fourth-order valence-electron chi connectivity index (χ4n) is 2.57. The first-order valence-electron chi connectivity index (χ1n) is 8.02. The molecule has 0 spiro atoms. The van der Waals surface area contributed by atoms with E-state index in [9.17, 15) is 14.4 Å². The highest BCUT2D eigenvalue weighted by molar-refractivity contribution is 7.15. The molecule has 0 aliphatic heterocycles. The number of aromatic nitrogens is 3. The van der Waals surface area contributed by atoms with Crippen LogP contribution in [0, 0.1) is 0 Å². The van der Waals surface area contributed by atoms with E-state index in [0.29, 0.717) is 27.3 Å². The summed E-state index contributed by atoms with van der Waals surface area (Å²) >= 11 is 1.33. The Bertz CT molecular complexity index is 1170. The average molecular weight is 379 g/mol. The number of thiazole rings is 1. The van der Waals surface area contributed by atoms with Gasteiger partial charge in [0.15, 0.2) is 10.7 Å². The van der Waals surface area contributed by atoms with Crippen molar-refractivity contribution in [3.63, 3.8) is 0 Å². The molecule has 0 aliphatic carbocycles. The van der Waals surface area contributed by atoms with Crippen LogP contribution >= 0.6 is 11.3 Å². The molecule has 0 aliphatic rings. The Hall–Kier alpha value is -3.52. The number of rotatable bonds is 5. The van der Waals surface area contributed by atoms with Gasteiger partial charge in [-0.15, -0.1) is 11.3 Å². The van der Waals surface area contributed by atoms with Crippen molar-refractivity contribution >= 4 is 28.1 Å². The molecule has 1 N–H and O–H groups in total. The first kappa shape index (κ1) is 16.9. The summed E-state index contributed by atoms with van der Waals surface area (Å²) < 4.78 is 6.66. The van der Waals surface area contributed by atoms with E-state index < -0.39 is 5.97 Å². The van der Waals surface area contributed by atoms with Crippen LogP contribution in [0.2, 0.25) is 0 Å². The topological polar surface area (TPSA) is 93.5 Å². The summed E-state index contributed by atoms with van der Waals surface area (Å²) in [5, 5.41) is 1.76. The van der Waals surface area contributed by atoms with Gasteiger partial charge in [-0.2, -0.15) is 0 Å². The SMILES string of the molecule is O=C(OCc1cc(=O)n2ccsc2n1)c1ccc(C(=O)c2cc[nH]c2)cc1. The van der Waals surface area contributed by atoms with Crippen LogP contribution in [0.4, 0.5) is 0 Å². The second kappa shape index (κ2) is 7.00. The molecule has 3 heterocycles. The van der Waals surface area contributed by atoms with Gasteiger partial charge in [0, 0.05) is 41.2 Å². The molecule has 0 amide bonds. The Morgan fingerprint density at radius 1 is 1.11 bits per heavy atom. The summed E-state index contributed by atoms with van der Waals surface area (Å²) in [5.74, 6) is -0.686. The monoisotopic (exact) mass is 379 g/mol. The maximum atomic E-state index is 12.2. The Morgan fingerprint density at radius 2 is 1.89 bits per heavy atom. The first-order valence-corrected chi connectivity index (χ1v) is 8.90. The summed E-state index contributed by atoms with van der Waals surface area (Å²) in [6, 6.07) is 9.25. The molecule has 0 saturated heterocycles. The number of fused-ring (bicyclic) bond motifs is 1. The Kier molecular flexibility index (Phi) is 4.39. The molecular weight excluding hydrogens is 366 g/mol. The van der Waals surface area contributed by atoms with Crippen molar-refractivity contribution in [2.24, 2.45) is 0 Å². The summed E-state index contributed by atoms with van der Waals surface area (Å²) in [7, 11) is 0. The highest BCUT2D eigenvalue weighted by atomic mass is 32.1. The lowest BCUT2D eigenvalue weighted by atomic mass is 10.0. The number of benzene rings is 1. The third kappa shape index (κ3) is 3.42. The second-order valence-corrected chi connectivity index (χ2v) is 6.60. The van der Waals surface area contributed by atoms with Gasteiger partial charge in [0.05, 0.1) is 11.3 Å². The number of aromatic amines is 1. The van der Waals surface area contributed by atoms with E-state index in [1.807, 2.05) is 0 Å². The molecule has 4 aromatic rings. The van der Waals surface area contributed by atoms with Crippen molar-refractivity contribution in [3.05, 3.63) is 93.1 Å². The number of hydrogen-bond donors (Lipinski definition) is 1. The maximum absolute atomic E-state index is 12.2. The molecule has 7 nitrogen and oxygen atoms in total. The number of ether oxygens (including phenoxy) is 1. The molecule has 4 rings (SSSR count). The summed E-state index contributed by atoms with van der Waals surface area (Å²) in [6.45, 7) is -0.105. The van der Waals surface area contributed by atoms with E-state index in [-0.39, 0.29) is 17.9 Å². The number of ketones is 1. The van der Waals surface area contributed by atoms with Crippen LogP contribution in [0.1, 0.15) is 32.0 Å². The third-order valence-electron chi connectivity index (χ3n) is 3.95. The largest absolute Gasteiger partial charge is 0.456 e. The predicted octanol–water partition coefficient (Wildman–Crippen LogP) is 2.67. The van der Waals surface area contributed by atoms with Crippen LogP contribution in [0.3, 0.4) is 0 Å². The van der Waals surface area contributed by atoms with E-state index in [1.54, 1.807) is 42.2 Å². The minimum atomic E-state index is -0.552. The normalized spacial score (nSPS) is 10.8. The maximum Gasteiger partial charge on any atom is 0.338 e. The number of H-pyrrole nitrogens is 1. The van der Waals surface area contributed by atoms with Crippen LogP contribution in [0.25, 0.3) is 4.96 Å². The molecule has 0 unspecified atom stereocenters. The van der Waals surface area contributed by atoms with Gasteiger partial charge in [-0.05, 0) is 18.2 Å². The minimum Gasteiger partial charge on any atom is -0.456 e. The Labute approximate surface area is 156 Å². The zero-order chi connectivity index (χ0) is 18.8. The fourth-order valence-corrected chi connectivity index (χ4v) is 3.31. The predicted molar refractivity (Wildman–Crippen MR) is 99.1 cm³/mol. The molecule has 0 bridgehead atoms.